The molecule has 5 heterocycles. The monoisotopic (exact) mass is 547 g/mol. The fourth-order valence-electron chi connectivity index (χ4n) is 6.23. The van der Waals surface area contributed by atoms with Crippen molar-refractivity contribution in [2.75, 3.05) is 19.6 Å². The molecule has 9 heteroatoms. The van der Waals surface area contributed by atoms with Crippen molar-refractivity contribution in [2.24, 2.45) is 7.05 Å². The highest BCUT2D eigenvalue weighted by Gasteiger charge is 2.27. The molecule has 0 radical (unpaired) electrons. The maximum Gasteiger partial charge on any atom is 0.134 e. The summed E-state index contributed by atoms with van der Waals surface area (Å²) in [6.07, 6.45) is 14.6. The van der Waals surface area contributed by atoms with Gasteiger partial charge in [0.1, 0.15) is 5.82 Å². The summed E-state index contributed by atoms with van der Waals surface area (Å²) < 4.78 is 6.03. The first kappa shape index (κ1) is 25.8. The van der Waals surface area contributed by atoms with E-state index in [1.165, 1.54) is 43.5 Å². The zero-order valence-electron chi connectivity index (χ0n) is 24.0. The van der Waals surface area contributed by atoms with Gasteiger partial charge in [-0.3, -0.25) is 14.0 Å². The normalized spacial score (nSPS) is 15.2. The first-order chi connectivity index (χ1) is 20.1. The number of aromatic nitrogens is 8. The number of hydrogen-bond acceptors (Lipinski definition) is 6. The lowest BCUT2D eigenvalue weighted by atomic mass is 9.91. The summed E-state index contributed by atoms with van der Waals surface area (Å²) in [5.74, 6) is 0.792. The average molecular weight is 548 g/mol. The second kappa shape index (κ2) is 11.0. The number of nitrogens with zero attached hydrogens (tertiary/aromatic N) is 9. The van der Waals surface area contributed by atoms with Crippen molar-refractivity contribution in [3.8, 4) is 33.6 Å². The SMILES string of the molecule is CCn1ccc(Cc2ncc3c(n2)-c2c(nn(C)c2-c2ccc(-c4cnn(CCN5CCCCC5)c4)cc2)CC3)n1. The van der Waals surface area contributed by atoms with Gasteiger partial charge in [0.05, 0.1) is 41.9 Å². The van der Waals surface area contributed by atoms with E-state index >= 15 is 0 Å². The Morgan fingerprint density at radius 1 is 0.829 bits per heavy atom. The minimum Gasteiger partial charge on any atom is -0.301 e. The third kappa shape index (κ3) is 5.22. The third-order valence-corrected chi connectivity index (χ3v) is 8.48. The van der Waals surface area contributed by atoms with E-state index in [9.17, 15) is 0 Å². The van der Waals surface area contributed by atoms with Crippen molar-refractivity contribution in [2.45, 2.75) is 58.5 Å². The Morgan fingerprint density at radius 2 is 1.66 bits per heavy atom. The molecule has 0 spiro atoms. The second-order valence-electron chi connectivity index (χ2n) is 11.3. The van der Waals surface area contributed by atoms with E-state index in [1.54, 1.807) is 0 Å². The molecular weight excluding hydrogens is 510 g/mol. The number of benzene rings is 1. The Balaban J connectivity index is 1.13. The maximum absolute atomic E-state index is 5.08. The quantitative estimate of drug-likeness (QED) is 0.278. The molecule has 5 aromatic rings. The molecular formula is C32H37N9. The van der Waals surface area contributed by atoms with E-state index in [2.05, 4.69) is 57.2 Å². The lowest BCUT2D eigenvalue weighted by Crippen LogP contribution is -2.32. The van der Waals surface area contributed by atoms with E-state index in [0.717, 1.165) is 77.8 Å². The standard InChI is InChI=1S/C32H37N9/c1-3-40-16-13-27(36-40)19-29-33-20-25-11-12-28-30(31(25)35-29)32(38(2)37-28)24-9-7-23(8-10-24)26-21-34-41(22-26)18-17-39-14-5-4-6-15-39/h7-10,13,16,20-22H,3-6,11-12,14-15,17-19H2,1-2H3. The number of hydrogen-bond donors (Lipinski definition) is 0. The van der Waals surface area contributed by atoms with Gasteiger partial charge in [-0.2, -0.15) is 15.3 Å². The van der Waals surface area contributed by atoms with Crippen LogP contribution < -0.4 is 0 Å². The van der Waals surface area contributed by atoms with Gasteiger partial charge < -0.3 is 4.90 Å². The summed E-state index contributed by atoms with van der Waals surface area (Å²) in [6.45, 7) is 7.38. The fraction of sp³-hybridized carbons (Fsp3) is 0.406. The number of rotatable bonds is 8. The van der Waals surface area contributed by atoms with Gasteiger partial charge in [0, 0.05) is 55.4 Å². The molecule has 0 bridgehead atoms. The lowest BCUT2D eigenvalue weighted by Gasteiger charge is -2.26. The molecule has 0 atom stereocenters. The summed E-state index contributed by atoms with van der Waals surface area (Å²) >= 11 is 0. The molecule has 0 saturated carbocycles. The van der Waals surface area contributed by atoms with Gasteiger partial charge in [0.25, 0.3) is 0 Å². The fourth-order valence-corrected chi connectivity index (χ4v) is 6.23. The van der Waals surface area contributed by atoms with E-state index in [-0.39, 0.29) is 0 Å². The summed E-state index contributed by atoms with van der Waals surface area (Å²) in [6, 6.07) is 10.8. The molecule has 0 amide bonds. The van der Waals surface area contributed by atoms with E-state index < -0.39 is 0 Å². The van der Waals surface area contributed by atoms with Crippen LogP contribution in [0, 0.1) is 0 Å². The van der Waals surface area contributed by atoms with Crippen molar-refractivity contribution < 1.29 is 0 Å². The Morgan fingerprint density at radius 3 is 2.46 bits per heavy atom. The molecule has 0 N–H and O–H groups in total. The molecule has 41 heavy (non-hydrogen) atoms. The van der Waals surface area contributed by atoms with Crippen molar-refractivity contribution in [3.05, 3.63) is 77.9 Å². The van der Waals surface area contributed by atoms with Crippen LogP contribution in [0.15, 0.2) is 55.1 Å². The second-order valence-corrected chi connectivity index (χ2v) is 11.3. The Hall–Kier alpha value is -4.11. The Bertz CT molecular complexity index is 1650. The highest BCUT2D eigenvalue weighted by Crippen LogP contribution is 2.39. The lowest BCUT2D eigenvalue weighted by molar-refractivity contribution is 0.218. The maximum atomic E-state index is 5.08. The van der Waals surface area contributed by atoms with Crippen LogP contribution in [-0.2, 0) is 39.4 Å². The molecule has 1 aromatic carbocycles. The van der Waals surface area contributed by atoms with Crippen molar-refractivity contribution >= 4 is 0 Å². The zero-order chi connectivity index (χ0) is 27.8. The van der Waals surface area contributed by atoms with Crippen molar-refractivity contribution in [3.63, 3.8) is 0 Å². The van der Waals surface area contributed by atoms with Gasteiger partial charge in [-0.1, -0.05) is 30.7 Å². The molecule has 210 valence electrons. The number of likely N-dealkylation sites (tertiary alicyclic amines) is 1. The smallest absolute Gasteiger partial charge is 0.134 e. The van der Waals surface area contributed by atoms with Crippen LogP contribution >= 0.6 is 0 Å². The molecule has 4 aromatic heterocycles. The Kier molecular flexibility index (Phi) is 6.96. The summed E-state index contributed by atoms with van der Waals surface area (Å²) in [5, 5.41) is 14.2. The molecule has 9 nitrogen and oxygen atoms in total. The van der Waals surface area contributed by atoms with Gasteiger partial charge in [0.15, 0.2) is 0 Å². The van der Waals surface area contributed by atoms with Crippen molar-refractivity contribution in [1.29, 1.82) is 0 Å². The van der Waals surface area contributed by atoms with Gasteiger partial charge in [-0.25, -0.2) is 9.97 Å². The van der Waals surface area contributed by atoms with Crippen LogP contribution in [0.1, 0.15) is 49.0 Å². The van der Waals surface area contributed by atoms with E-state index in [1.807, 2.05) is 41.1 Å². The van der Waals surface area contributed by atoms with Gasteiger partial charge in [-0.05, 0) is 62.9 Å². The molecule has 1 aliphatic heterocycles. The molecule has 7 rings (SSSR count). The highest BCUT2D eigenvalue weighted by atomic mass is 15.3. The highest BCUT2D eigenvalue weighted by molar-refractivity contribution is 5.84. The van der Waals surface area contributed by atoms with Crippen LogP contribution in [0.5, 0.6) is 0 Å². The molecule has 1 fully saturated rings. The van der Waals surface area contributed by atoms with Gasteiger partial charge in [-0.15, -0.1) is 0 Å². The molecule has 2 aliphatic rings. The zero-order valence-corrected chi connectivity index (χ0v) is 24.0. The van der Waals surface area contributed by atoms with Crippen LogP contribution in [0.25, 0.3) is 33.6 Å². The number of piperidine rings is 1. The molecule has 0 unspecified atom stereocenters. The minimum atomic E-state index is 0.617. The predicted molar refractivity (Wildman–Crippen MR) is 159 cm³/mol. The number of fused-ring (bicyclic) bond motifs is 3. The van der Waals surface area contributed by atoms with Gasteiger partial charge >= 0.3 is 0 Å². The van der Waals surface area contributed by atoms with E-state index in [0.29, 0.717) is 6.42 Å². The van der Waals surface area contributed by atoms with E-state index in [4.69, 9.17) is 15.1 Å². The van der Waals surface area contributed by atoms with Crippen LogP contribution in [-0.4, -0.2) is 63.8 Å². The Labute approximate surface area is 240 Å². The van der Waals surface area contributed by atoms with Crippen LogP contribution in [0.3, 0.4) is 0 Å². The van der Waals surface area contributed by atoms with Crippen LogP contribution in [0.4, 0.5) is 0 Å². The summed E-state index contributed by atoms with van der Waals surface area (Å²) in [4.78, 5) is 12.3. The molecule has 1 saturated heterocycles. The first-order valence-corrected chi connectivity index (χ1v) is 14.9. The third-order valence-electron chi connectivity index (χ3n) is 8.48. The van der Waals surface area contributed by atoms with Crippen LogP contribution in [0.2, 0.25) is 0 Å². The topological polar surface area (TPSA) is 82.5 Å². The average Bonchev–Trinajstić information content (AvgIpc) is 3.75. The summed E-state index contributed by atoms with van der Waals surface area (Å²) in [7, 11) is 2.03. The molecule has 1 aliphatic carbocycles. The summed E-state index contributed by atoms with van der Waals surface area (Å²) in [5.41, 5.74) is 9.97. The van der Waals surface area contributed by atoms with Crippen molar-refractivity contribution in [1.82, 2.24) is 44.2 Å². The predicted octanol–water partition coefficient (Wildman–Crippen LogP) is 4.80. The largest absolute Gasteiger partial charge is 0.301 e. The van der Waals surface area contributed by atoms with Gasteiger partial charge in [0.2, 0.25) is 0 Å². The first-order valence-electron chi connectivity index (χ1n) is 14.9. The number of aryl methyl sites for hydroxylation is 4. The minimum absolute atomic E-state index is 0.617.